The highest BCUT2D eigenvalue weighted by Crippen LogP contribution is 1.86. The van der Waals surface area contributed by atoms with Crippen molar-refractivity contribution >= 4 is 19.7 Å². The molecule has 0 amide bonds. The molecule has 0 aliphatic carbocycles. The summed E-state index contributed by atoms with van der Waals surface area (Å²) in [5, 5.41) is 0. The second-order valence-electron chi connectivity index (χ2n) is 0.815. The van der Waals surface area contributed by atoms with Gasteiger partial charge in [0.1, 0.15) is 0 Å². The lowest BCUT2D eigenvalue weighted by Gasteiger charge is -1.88. The van der Waals surface area contributed by atoms with E-state index >= 15 is 0 Å². The quantitative estimate of drug-likeness (QED) is 0.285. The first-order valence-corrected chi connectivity index (χ1v) is 1.60. The molecule has 0 fully saturated rings. The van der Waals surface area contributed by atoms with Crippen molar-refractivity contribution in [2.24, 2.45) is 0 Å². The second-order valence-corrected chi connectivity index (χ2v) is 0.815. The van der Waals surface area contributed by atoms with Crippen molar-refractivity contribution in [3.8, 4) is 0 Å². The van der Waals surface area contributed by atoms with Gasteiger partial charge in [-0.2, -0.15) is 0 Å². The summed E-state index contributed by atoms with van der Waals surface area (Å²) in [6, 6.07) is 0. The molecule has 3 nitrogen and oxygen atoms in total. The summed E-state index contributed by atoms with van der Waals surface area (Å²) in [4.78, 5) is 18.8. The van der Waals surface area contributed by atoms with E-state index in [-0.39, 0.29) is 6.29 Å². The summed E-state index contributed by atoms with van der Waals surface area (Å²) >= 11 is 0. The van der Waals surface area contributed by atoms with Crippen LogP contribution in [0.25, 0.3) is 0 Å². The van der Waals surface area contributed by atoms with Gasteiger partial charge in [0.15, 0.2) is 0 Å². The molecular formula is C2HBF2O3. The molecule has 0 heterocycles. The molecule has 0 aromatic rings. The topological polar surface area (TPSA) is 43.4 Å². The molecule has 0 bridgehead atoms. The van der Waals surface area contributed by atoms with Crippen molar-refractivity contribution < 1.29 is 22.9 Å². The van der Waals surface area contributed by atoms with E-state index in [0.717, 1.165) is 0 Å². The van der Waals surface area contributed by atoms with Gasteiger partial charge in [-0.05, 0) is 0 Å². The Morgan fingerprint density at radius 2 is 2.12 bits per heavy atom. The van der Waals surface area contributed by atoms with Gasteiger partial charge in [0.25, 0.3) is 0 Å². The van der Waals surface area contributed by atoms with E-state index in [1.165, 1.54) is 0 Å². The zero-order valence-corrected chi connectivity index (χ0v) is 3.64. The third-order valence-corrected chi connectivity index (χ3v) is 0.301. The van der Waals surface area contributed by atoms with Gasteiger partial charge in [0.2, 0.25) is 6.29 Å². The Morgan fingerprint density at radius 1 is 1.62 bits per heavy atom. The summed E-state index contributed by atoms with van der Waals surface area (Å²) < 4.78 is 24.8. The second kappa shape index (κ2) is 3.12. The van der Waals surface area contributed by atoms with Crippen LogP contribution in [0, 0.1) is 0 Å². The van der Waals surface area contributed by atoms with Crippen molar-refractivity contribution in [1.82, 2.24) is 0 Å². The monoisotopic (exact) mass is 122 g/mol. The third-order valence-electron chi connectivity index (χ3n) is 0.301. The van der Waals surface area contributed by atoms with Crippen molar-refractivity contribution in [3.05, 3.63) is 0 Å². The van der Waals surface area contributed by atoms with Crippen LogP contribution in [0.3, 0.4) is 0 Å². The zero-order valence-electron chi connectivity index (χ0n) is 3.64. The zero-order chi connectivity index (χ0) is 6.57. The van der Waals surface area contributed by atoms with E-state index in [1.807, 2.05) is 0 Å². The van der Waals surface area contributed by atoms with Gasteiger partial charge in [-0.1, -0.05) is 0 Å². The predicted octanol–water partition coefficient (Wildman–Crippen LogP) is -0.348. The summed E-state index contributed by atoms with van der Waals surface area (Å²) in [5.74, 6) is -1.56. The molecule has 6 heteroatoms. The average molecular weight is 122 g/mol. The largest absolute Gasteiger partial charge is 0.798 e. The van der Waals surface area contributed by atoms with Gasteiger partial charge < -0.3 is 4.65 Å². The first-order valence-electron chi connectivity index (χ1n) is 1.60. The van der Waals surface area contributed by atoms with Crippen molar-refractivity contribution in [1.29, 1.82) is 0 Å². The summed E-state index contributed by atoms with van der Waals surface area (Å²) in [5.41, 5.74) is 0. The molecule has 0 saturated carbocycles. The molecule has 0 saturated heterocycles. The van der Waals surface area contributed by atoms with Gasteiger partial charge in [0, 0.05) is 0 Å². The van der Waals surface area contributed by atoms with Crippen LogP contribution in [0.5, 0.6) is 0 Å². The van der Waals surface area contributed by atoms with Crippen LogP contribution in [-0.4, -0.2) is 19.7 Å². The number of carbonyl (C=O) groups is 2. The fraction of sp³-hybridized carbons (Fsp3) is 0. The molecule has 44 valence electrons. The van der Waals surface area contributed by atoms with Crippen molar-refractivity contribution in [2.45, 2.75) is 0 Å². The van der Waals surface area contributed by atoms with E-state index in [4.69, 9.17) is 0 Å². The highest BCUT2D eigenvalue weighted by atomic mass is 19.2. The van der Waals surface area contributed by atoms with Gasteiger partial charge in [-0.15, -0.1) is 0 Å². The van der Waals surface area contributed by atoms with Crippen LogP contribution in [0.1, 0.15) is 0 Å². The highest BCUT2D eigenvalue weighted by Gasteiger charge is 2.20. The number of carbonyl (C=O) groups excluding carboxylic acids is 2. The third kappa shape index (κ3) is 3.26. The van der Waals surface area contributed by atoms with E-state index < -0.39 is 13.4 Å². The maximum absolute atomic E-state index is 10.9. The normalized spacial score (nSPS) is 7.75. The SMILES string of the molecule is O=CC(=O)OB(F)F. The molecule has 0 aromatic carbocycles. The minimum absolute atomic E-state index is 0.327. The first kappa shape index (κ1) is 7.06. The van der Waals surface area contributed by atoms with Crippen LogP contribution in [0.4, 0.5) is 8.63 Å². The fourth-order valence-electron chi connectivity index (χ4n) is 0.116. The van der Waals surface area contributed by atoms with Crippen LogP contribution in [-0.2, 0) is 14.2 Å². The van der Waals surface area contributed by atoms with E-state index in [2.05, 4.69) is 4.65 Å². The Bertz CT molecular complexity index is 103. The van der Waals surface area contributed by atoms with Crippen LogP contribution >= 0.6 is 0 Å². The molecule has 8 heavy (non-hydrogen) atoms. The van der Waals surface area contributed by atoms with Crippen LogP contribution < -0.4 is 0 Å². The van der Waals surface area contributed by atoms with Gasteiger partial charge in [0.05, 0.1) is 0 Å². The molecule has 0 aliphatic rings. The molecular weight excluding hydrogens is 121 g/mol. The maximum Gasteiger partial charge on any atom is 0.798 e. The molecule has 0 N–H and O–H groups in total. The number of hydrogen-bond donors (Lipinski definition) is 0. The average Bonchev–Trinajstić information content (AvgIpc) is 1.65. The molecule has 0 unspecified atom stereocenters. The molecule has 0 spiro atoms. The number of rotatable bonds is 2. The Morgan fingerprint density at radius 3 is 2.25 bits per heavy atom. The van der Waals surface area contributed by atoms with Gasteiger partial charge in [-0.3, -0.25) is 4.79 Å². The Labute approximate surface area is 43.8 Å². The summed E-state index contributed by atoms with van der Waals surface area (Å²) in [7, 11) is -3.20. The lowest BCUT2D eigenvalue weighted by atomic mass is 10.4. The molecule has 0 aliphatic heterocycles. The highest BCUT2D eigenvalue weighted by molar-refractivity contribution is 6.41. The predicted molar refractivity (Wildman–Crippen MR) is 20.1 cm³/mol. The molecule has 0 rings (SSSR count). The number of halogens is 2. The van der Waals surface area contributed by atoms with E-state index in [0.29, 0.717) is 0 Å². The lowest BCUT2D eigenvalue weighted by molar-refractivity contribution is -0.142. The van der Waals surface area contributed by atoms with Crippen LogP contribution in [0.15, 0.2) is 0 Å². The molecule has 0 radical (unpaired) electrons. The Balaban J connectivity index is 3.39. The maximum atomic E-state index is 10.9. The number of hydrogen-bond acceptors (Lipinski definition) is 3. The fourth-order valence-corrected chi connectivity index (χ4v) is 0.116. The Kier molecular flexibility index (Phi) is 2.75. The van der Waals surface area contributed by atoms with Gasteiger partial charge >= 0.3 is 13.4 Å². The minimum Gasteiger partial charge on any atom is -0.472 e. The summed E-state index contributed by atoms with van der Waals surface area (Å²) in [6.07, 6.45) is -0.327. The number of aldehydes is 1. The Hall–Kier alpha value is -0.935. The van der Waals surface area contributed by atoms with Crippen molar-refractivity contribution in [3.63, 3.8) is 0 Å². The smallest absolute Gasteiger partial charge is 0.472 e. The standard InChI is InChI=1S/C2HBF2O3/c4-3(5)8-2(7)1-6/h1H. The van der Waals surface area contributed by atoms with Gasteiger partial charge in [-0.25, -0.2) is 13.4 Å². The molecule has 0 aromatic heterocycles. The summed E-state index contributed by atoms with van der Waals surface area (Å²) in [6.45, 7) is 0. The van der Waals surface area contributed by atoms with Crippen molar-refractivity contribution in [2.75, 3.05) is 0 Å². The van der Waals surface area contributed by atoms with Crippen LogP contribution in [0.2, 0.25) is 0 Å². The lowest BCUT2D eigenvalue weighted by Crippen LogP contribution is -2.13. The molecule has 0 atom stereocenters. The minimum atomic E-state index is -3.20. The van der Waals surface area contributed by atoms with E-state index in [9.17, 15) is 18.2 Å². The van der Waals surface area contributed by atoms with E-state index in [1.54, 1.807) is 0 Å². The first-order chi connectivity index (χ1) is 3.66.